The number of aryl methyl sites for hydroxylation is 1. The van der Waals surface area contributed by atoms with E-state index in [0.29, 0.717) is 29.2 Å². The molecule has 0 saturated carbocycles. The molecular weight excluding hydrogens is 344 g/mol. The minimum absolute atomic E-state index is 0.0504. The van der Waals surface area contributed by atoms with Gasteiger partial charge in [-0.1, -0.05) is 5.92 Å². The van der Waals surface area contributed by atoms with E-state index in [1.807, 2.05) is 17.9 Å². The summed E-state index contributed by atoms with van der Waals surface area (Å²) in [4.78, 5) is 12.8. The summed E-state index contributed by atoms with van der Waals surface area (Å²) < 4.78 is 0. The number of hydrogen-bond acceptors (Lipinski definition) is 6. The molecule has 0 aliphatic carbocycles. The highest BCUT2D eigenvalue weighted by Gasteiger charge is 2.22. The van der Waals surface area contributed by atoms with Crippen LogP contribution >= 0.6 is 0 Å². The standard InChI is InChI=1S/C20H22N4O3/c1-3-14-6-7-16(17(25)10-14)20-13(2)9-18(22-23-20)21-15-5-4-8-24(11-15)12-19(26)27/h1,6-7,9-10,15,25H,4-5,8,11-12H2,2H3,(H,21,22)(H,26,27)/t15-/m1/s1. The van der Waals surface area contributed by atoms with Gasteiger partial charge in [-0.15, -0.1) is 16.6 Å². The van der Waals surface area contributed by atoms with Gasteiger partial charge >= 0.3 is 5.97 Å². The summed E-state index contributed by atoms with van der Waals surface area (Å²) in [6.45, 7) is 3.40. The molecule has 1 aliphatic rings. The van der Waals surface area contributed by atoms with Crippen molar-refractivity contribution in [1.82, 2.24) is 15.1 Å². The lowest BCUT2D eigenvalue weighted by Crippen LogP contribution is -2.44. The van der Waals surface area contributed by atoms with Crippen LogP contribution in [0.5, 0.6) is 5.75 Å². The summed E-state index contributed by atoms with van der Waals surface area (Å²) in [6, 6.07) is 7.02. The van der Waals surface area contributed by atoms with Crippen LogP contribution < -0.4 is 5.32 Å². The molecule has 0 spiro atoms. The molecule has 1 atom stereocenters. The largest absolute Gasteiger partial charge is 0.507 e. The molecule has 1 aromatic carbocycles. The maximum Gasteiger partial charge on any atom is 0.317 e. The van der Waals surface area contributed by atoms with Gasteiger partial charge in [0.15, 0.2) is 0 Å². The van der Waals surface area contributed by atoms with Gasteiger partial charge < -0.3 is 15.5 Å². The Morgan fingerprint density at radius 1 is 1.41 bits per heavy atom. The number of hydrogen-bond donors (Lipinski definition) is 3. The Bertz CT molecular complexity index is 891. The first-order chi connectivity index (χ1) is 13.0. The maximum atomic E-state index is 10.9. The number of nitrogens with one attached hydrogen (secondary N) is 1. The number of benzene rings is 1. The predicted molar refractivity (Wildman–Crippen MR) is 103 cm³/mol. The molecule has 27 heavy (non-hydrogen) atoms. The zero-order chi connectivity index (χ0) is 19.4. The lowest BCUT2D eigenvalue weighted by molar-refractivity contribution is -0.138. The number of nitrogens with zero attached hydrogens (tertiary/aromatic N) is 3. The zero-order valence-corrected chi connectivity index (χ0v) is 15.1. The van der Waals surface area contributed by atoms with Crippen LogP contribution in [0.4, 0.5) is 5.82 Å². The normalized spacial score (nSPS) is 17.3. The molecule has 0 unspecified atom stereocenters. The monoisotopic (exact) mass is 366 g/mol. The van der Waals surface area contributed by atoms with E-state index in [0.717, 1.165) is 24.9 Å². The van der Waals surface area contributed by atoms with E-state index >= 15 is 0 Å². The van der Waals surface area contributed by atoms with Crippen LogP contribution in [0.1, 0.15) is 24.0 Å². The smallest absolute Gasteiger partial charge is 0.317 e. The molecule has 140 valence electrons. The summed E-state index contributed by atoms with van der Waals surface area (Å²) in [6.07, 6.45) is 7.24. The van der Waals surface area contributed by atoms with Crippen molar-refractivity contribution >= 4 is 11.8 Å². The van der Waals surface area contributed by atoms with Gasteiger partial charge in [-0.25, -0.2) is 0 Å². The Hall–Kier alpha value is -3.11. The molecule has 1 aromatic heterocycles. The highest BCUT2D eigenvalue weighted by molar-refractivity contribution is 5.71. The number of terminal acetylenes is 1. The van der Waals surface area contributed by atoms with Crippen molar-refractivity contribution < 1.29 is 15.0 Å². The lowest BCUT2D eigenvalue weighted by atomic mass is 10.0. The maximum absolute atomic E-state index is 10.9. The van der Waals surface area contributed by atoms with Crippen LogP contribution in [-0.2, 0) is 4.79 Å². The number of carboxylic acids is 1. The van der Waals surface area contributed by atoms with Crippen molar-refractivity contribution in [3.63, 3.8) is 0 Å². The van der Waals surface area contributed by atoms with Gasteiger partial charge in [0.2, 0.25) is 0 Å². The van der Waals surface area contributed by atoms with Crippen LogP contribution in [0.25, 0.3) is 11.3 Å². The lowest BCUT2D eigenvalue weighted by Gasteiger charge is -2.32. The number of aromatic nitrogens is 2. The first kappa shape index (κ1) is 18.7. The van der Waals surface area contributed by atoms with Crippen molar-refractivity contribution in [1.29, 1.82) is 0 Å². The molecule has 1 aliphatic heterocycles. The van der Waals surface area contributed by atoms with E-state index in [1.54, 1.807) is 12.1 Å². The van der Waals surface area contributed by atoms with Gasteiger partial charge in [0.1, 0.15) is 11.6 Å². The molecule has 7 nitrogen and oxygen atoms in total. The number of phenols is 1. The minimum Gasteiger partial charge on any atom is -0.507 e. The summed E-state index contributed by atoms with van der Waals surface area (Å²) >= 11 is 0. The van der Waals surface area contributed by atoms with Crippen molar-refractivity contribution in [3.05, 3.63) is 35.4 Å². The first-order valence-corrected chi connectivity index (χ1v) is 8.81. The van der Waals surface area contributed by atoms with E-state index in [2.05, 4.69) is 21.4 Å². The van der Waals surface area contributed by atoms with Crippen LogP contribution in [-0.4, -0.2) is 57.0 Å². The average molecular weight is 366 g/mol. The van der Waals surface area contributed by atoms with Gasteiger partial charge in [0.05, 0.1) is 12.2 Å². The fourth-order valence-corrected chi connectivity index (χ4v) is 3.36. The topological polar surface area (TPSA) is 98.6 Å². The van der Waals surface area contributed by atoms with Crippen molar-refractivity contribution in [2.24, 2.45) is 0 Å². The summed E-state index contributed by atoms with van der Waals surface area (Å²) in [5, 5.41) is 31.0. The third-order valence-corrected chi connectivity index (χ3v) is 4.62. The number of piperidine rings is 1. The van der Waals surface area contributed by atoms with Gasteiger partial charge in [0, 0.05) is 23.7 Å². The molecule has 7 heteroatoms. The molecule has 3 rings (SSSR count). The number of aliphatic carboxylic acids is 1. The summed E-state index contributed by atoms with van der Waals surface area (Å²) in [5.41, 5.74) is 2.64. The number of aromatic hydroxyl groups is 1. The molecule has 0 radical (unpaired) electrons. The highest BCUT2D eigenvalue weighted by Crippen LogP contribution is 2.31. The van der Waals surface area contributed by atoms with Crippen molar-refractivity contribution in [2.75, 3.05) is 25.0 Å². The van der Waals surface area contributed by atoms with Crippen LogP contribution in [0.15, 0.2) is 24.3 Å². The third-order valence-electron chi connectivity index (χ3n) is 4.62. The van der Waals surface area contributed by atoms with Crippen molar-refractivity contribution in [3.8, 4) is 29.4 Å². The molecule has 1 saturated heterocycles. The van der Waals surface area contributed by atoms with Gasteiger partial charge in [-0.05, 0) is 56.1 Å². The fraction of sp³-hybridized carbons (Fsp3) is 0.350. The van der Waals surface area contributed by atoms with E-state index in [-0.39, 0.29) is 18.3 Å². The highest BCUT2D eigenvalue weighted by atomic mass is 16.4. The van der Waals surface area contributed by atoms with Crippen LogP contribution in [0.2, 0.25) is 0 Å². The number of likely N-dealkylation sites (tertiary alicyclic amines) is 1. The Balaban J connectivity index is 1.73. The second-order valence-electron chi connectivity index (χ2n) is 6.75. The quantitative estimate of drug-likeness (QED) is 0.697. The van der Waals surface area contributed by atoms with E-state index in [4.69, 9.17) is 11.5 Å². The minimum atomic E-state index is -0.814. The van der Waals surface area contributed by atoms with E-state index in [9.17, 15) is 9.90 Å². The molecule has 3 N–H and O–H groups in total. The summed E-state index contributed by atoms with van der Waals surface area (Å²) in [7, 11) is 0. The second kappa shape index (κ2) is 8.06. The zero-order valence-electron chi connectivity index (χ0n) is 15.1. The SMILES string of the molecule is C#Cc1ccc(-c2nnc(N[C@@H]3CCCN(CC(=O)O)C3)cc2C)c(O)c1. The predicted octanol–water partition coefficient (Wildman–Crippen LogP) is 2.10. The number of carbonyl (C=O) groups is 1. The van der Waals surface area contributed by atoms with Gasteiger partial charge in [0.25, 0.3) is 0 Å². The Morgan fingerprint density at radius 3 is 2.89 bits per heavy atom. The number of carboxylic acid groups (broad SMARTS) is 1. The Kier molecular flexibility index (Phi) is 5.57. The Morgan fingerprint density at radius 2 is 2.22 bits per heavy atom. The number of anilines is 1. The van der Waals surface area contributed by atoms with Gasteiger partial charge in [-0.2, -0.15) is 0 Å². The molecule has 1 fully saturated rings. The molecular formula is C20H22N4O3. The number of phenolic OH excluding ortho intramolecular Hbond substituents is 1. The van der Waals surface area contributed by atoms with E-state index < -0.39 is 5.97 Å². The fourth-order valence-electron chi connectivity index (χ4n) is 3.36. The Labute approximate surface area is 158 Å². The first-order valence-electron chi connectivity index (χ1n) is 8.81. The molecule has 2 aromatic rings. The second-order valence-corrected chi connectivity index (χ2v) is 6.75. The number of rotatable bonds is 5. The van der Waals surface area contributed by atoms with Crippen LogP contribution in [0.3, 0.4) is 0 Å². The average Bonchev–Trinajstić information content (AvgIpc) is 2.62. The van der Waals surface area contributed by atoms with Crippen LogP contribution in [0, 0.1) is 19.3 Å². The molecule has 2 heterocycles. The van der Waals surface area contributed by atoms with E-state index in [1.165, 1.54) is 6.07 Å². The van der Waals surface area contributed by atoms with Crippen molar-refractivity contribution in [2.45, 2.75) is 25.8 Å². The summed E-state index contributed by atoms with van der Waals surface area (Å²) in [5.74, 6) is 2.38. The van der Waals surface area contributed by atoms with Gasteiger partial charge in [-0.3, -0.25) is 9.69 Å². The molecule has 0 bridgehead atoms. The third kappa shape index (κ3) is 4.54. The molecule has 0 amide bonds.